The largest absolute Gasteiger partial charge is 1.00 e. The first-order chi connectivity index (χ1) is 18.8. The zero-order valence-electron chi connectivity index (χ0n) is 22.6. The van der Waals surface area contributed by atoms with Crippen molar-refractivity contribution in [3.05, 3.63) is 105 Å². The molecule has 0 aliphatic rings. The number of nitrogens with zero attached hydrogens (tertiary/aromatic N) is 1. The van der Waals surface area contributed by atoms with E-state index in [1.807, 2.05) is 72.8 Å². The van der Waals surface area contributed by atoms with Crippen LogP contribution in [0, 0.1) is 0 Å². The third-order valence-corrected chi connectivity index (χ3v) is 8.13. The Kier molecular flexibility index (Phi) is 13.1. The molecule has 3 aromatic carbocycles. The maximum Gasteiger partial charge on any atom is 1.00 e. The van der Waals surface area contributed by atoms with Gasteiger partial charge < -0.3 is 19.7 Å². The van der Waals surface area contributed by atoms with Crippen LogP contribution in [0.3, 0.4) is 0 Å². The number of fused-ring (bicyclic) bond motifs is 1. The Bertz CT molecular complexity index is 1440. The van der Waals surface area contributed by atoms with Crippen molar-refractivity contribution in [2.24, 2.45) is 0 Å². The summed E-state index contributed by atoms with van der Waals surface area (Å²) in [4.78, 5) is 15.7. The maximum atomic E-state index is 11.1. The molecule has 9 heteroatoms. The number of aliphatic hydroxyl groups is 1. The molecule has 4 aromatic rings. The van der Waals surface area contributed by atoms with Crippen molar-refractivity contribution in [3.63, 3.8) is 0 Å². The van der Waals surface area contributed by atoms with Crippen LogP contribution in [0.15, 0.2) is 72.8 Å². The third kappa shape index (κ3) is 9.95. The van der Waals surface area contributed by atoms with Crippen molar-refractivity contribution in [1.82, 2.24) is 4.98 Å². The Labute approximate surface area is 271 Å². The van der Waals surface area contributed by atoms with Gasteiger partial charge >= 0.3 is 29.6 Å². The van der Waals surface area contributed by atoms with E-state index in [0.29, 0.717) is 34.6 Å². The second-order valence-electron chi connectivity index (χ2n) is 9.49. The minimum absolute atomic E-state index is 0. The molecule has 1 N–H and O–H groups in total. The number of aliphatic carboxylic acids is 1. The molecule has 2 atom stereocenters. The van der Waals surface area contributed by atoms with Crippen LogP contribution in [0.2, 0.25) is 10.0 Å². The number of pyridine rings is 1. The van der Waals surface area contributed by atoms with Crippen LogP contribution >= 0.6 is 35.0 Å². The number of carbonyl (C=O) groups is 1. The molecule has 4 rings (SSSR count). The van der Waals surface area contributed by atoms with Crippen molar-refractivity contribution >= 4 is 51.8 Å². The normalized spacial score (nSPS) is 12.5. The van der Waals surface area contributed by atoms with Crippen molar-refractivity contribution in [2.45, 2.75) is 50.6 Å². The van der Waals surface area contributed by atoms with Gasteiger partial charge in [-0.05, 0) is 97.5 Å². The van der Waals surface area contributed by atoms with Crippen molar-refractivity contribution in [3.8, 4) is 5.75 Å². The average molecular weight is 607 g/mol. The van der Waals surface area contributed by atoms with E-state index in [4.69, 9.17) is 27.9 Å². The van der Waals surface area contributed by atoms with E-state index >= 15 is 0 Å². The molecule has 1 heterocycles. The smallest absolute Gasteiger partial charge is 0.550 e. The number of ether oxygens (including phenoxy) is 1. The molecule has 0 amide bonds. The van der Waals surface area contributed by atoms with Crippen LogP contribution in [0.25, 0.3) is 10.9 Å². The quantitative estimate of drug-likeness (QED) is 0.235. The number of benzene rings is 3. The van der Waals surface area contributed by atoms with Gasteiger partial charge in [-0.25, -0.2) is 4.98 Å². The summed E-state index contributed by atoms with van der Waals surface area (Å²) < 4.78 is 6.09. The van der Waals surface area contributed by atoms with E-state index in [1.165, 1.54) is 0 Å². The number of carboxylic acids is 1. The number of aryl methyl sites for hydroxylation is 1. The molecule has 0 aliphatic heterocycles. The fraction of sp³-hybridized carbons (Fsp3) is 0.290. The monoisotopic (exact) mass is 605 g/mol. The average Bonchev–Trinajstić information content (AvgIpc) is 2.89. The number of thioether (sulfide) groups is 1. The summed E-state index contributed by atoms with van der Waals surface area (Å²) in [7, 11) is 0. The first-order valence-electron chi connectivity index (χ1n) is 12.8. The van der Waals surface area contributed by atoms with Gasteiger partial charge in [-0.2, -0.15) is 11.8 Å². The molecular weight excluding hydrogens is 576 g/mol. The predicted molar refractivity (Wildman–Crippen MR) is 158 cm³/mol. The van der Waals surface area contributed by atoms with Crippen LogP contribution < -0.4 is 39.4 Å². The molecule has 0 fully saturated rings. The Hall–Kier alpha value is -1.77. The zero-order valence-corrected chi connectivity index (χ0v) is 26.9. The van der Waals surface area contributed by atoms with Gasteiger partial charge in [0.2, 0.25) is 0 Å². The van der Waals surface area contributed by atoms with Gasteiger partial charge in [-0.15, -0.1) is 0 Å². The molecule has 0 bridgehead atoms. The van der Waals surface area contributed by atoms with E-state index in [2.05, 4.69) is 4.98 Å². The topological polar surface area (TPSA) is 82.5 Å². The Morgan fingerprint density at radius 3 is 2.55 bits per heavy atom. The standard InChI is InChI=1S/C31H31Cl2NO4S.Na/c1-20(35)15-24-16-25(32)9-5-21(24)8-12-30(39-14-13-31(36)37)23-3-2-4-28(17-23)38-19-27-11-7-22-6-10-26(33)18-29(22)34-27;/h2-7,9-11,16-18,20,30,35H,8,12-15,19H2,1H3,(H,36,37);/q;+1/p-1. The molecule has 0 saturated carbocycles. The minimum Gasteiger partial charge on any atom is -0.550 e. The fourth-order valence-electron chi connectivity index (χ4n) is 4.44. The second-order valence-corrected chi connectivity index (χ2v) is 11.7. The van der Waals surface area contributed by atoms with Crippen LogP contribution in [0.1, 0.15) is 47.4 Å². The second kappa shape index (κ2) is 16.0. The van der Waals surface area contributed by atoms with E-state index < -0.39 is 12.1 Å². The number of rotatable bonds is 13. The van der Waals surface area contributed by atoms with Gasteiger partial charge in [0.1, 0.15) is 12.4 Å². The van der Waals surface area contributed by atoms with Gasteiger partial charge in [0.05, 0.1) is 17.3 Å². The van der Waals surface area contributed by atoms with Crippen LogP contribution in [-0.2, 0) is 24.2 Å². The summed E-state index contributed by atoms with van der Waals surface area (Å²) in [6.45, 7) is 2.07. The summed E-state index contributed by atoms with van der Waals surface area (Å²) in [6.07, 6.45) is 1.58. The molecule has 1 aromatic heterocycles. The van der Waals surface area contributed by atoms with Crippen molar-refractivity contribution in [2.75, 3.05) is 5.75 Å². The molecule has 2 unspecified atom stereocenters. The number of halogens is 2. The van der Waals surface area contributed by atoms with Gasteiger partial charge in [0.15, 0.2) is 0 Å². The van der Waals surface area contributed by atoms with E-state index in [0.717, 1.165) is 46.1 Å². The van der Waals surface area contributed by atoms with Crippen molar-refractivity contribution < 1.29 is 49.3 Å². The minimum atomic E-state index is -1.06. The molecule has 0 spiro atoms. The molecule has 0 radical (unpaired) electrons. The molecule has 40 heavy (non-hydrogen) atoms. The Morgan fingerprint density at radius 2 is 1.77 bits per heavy atom. The van der Waals surface area contributed by atoms with E-state index in [1.54, 1.807) is 18.7 Å². The van der Waals surface area contributed by atoms with Crippen LogP contribution in [0.4, 0.5) is 0 Å². The summed E-state index contributed by atoms with van der Waals surface area (Å²) in [5, 5.41) is 23.3. The zero-order chi connectivity index (χ0) is 27.8. The van der Waals surface area contributed by atoms with E-state index in [9.17, 15) is 15.0 Å². The number of aromatic nitrogens is 1. The van der Waals surface area contributed by atoms with Gasteiger partial charge in [0.25, 0.3) is 0 Å². The maximum absolute atomic E-state index is 11.1. The summed E-state index contributed by atoms with van der Waals surface area (Å²) in [6, 6.07) is 23.2. The number of carbonyl (C=O) groups excluding carboxylic acids is 1. The molecular formula is C31H30Cl2NNaO4S. The summed E-state index contributed by atoms with van der Waals surface area (Å²) >= 11 is 13.9. The van der Waals surface area contributed by atoms with Gasteiger partial charge in [0, 0.05) is 26.7 Å². The van der Waals surface area contributed by atoms with Crippen LogP contribution in [0.5, 0.6) is 5.75 Å². The van der Waals surface area contributed by atoms with Crippen molar-refractivity contribution in [1.29, 1.82) is 0 Å². The SMILES string of the molecule is CC(O)Cc1cc(Cl)ccc1CCC(SCCC(=O)[O-])c1cccc(OCc2ccc3ccc(Cl)cc3n2)c1.[Na+]. The first-order valence-corrected chi connectivity index (χ1v) is 14.6. The molecule has 5 nitrogen and oxygen atoms in total. The fourth-order valence-corrected chi connectivity index (χ4v) is 5.99. The Morgan fingerprint density at radius 1 is 1.02 bits per heavy atom. The number of carboxylic acid groups (broad SMARTS) is 1. The Balaban J connectivity index is 0.00000441. The predicted octanol–water partition coefficient (Wildman–Crippen LogP) is 3.60. The van der Waals surface area contributed by atoms with Gasteiger partial charge in [-0.1, -0.05) is 53.5 Å². The van der Waals surface area contributed by atoms with E-state index in [-0.39, 0.29) is 41.2 Å². The molecule has 0 saturated heterocycles. The third-order valence-electron chi connectivity index (χ3n) is 6.31. The van der Waals surface area contributed by atoms with Crippen LogP contribution in [-0.4, -0.2) is 27.9 Å². The summed E-state index contributed by atoms with van der Waals surface area (Å²) in [5.41, 5.74) is 4.82. The number of hydrogen-bond acceptors (Lipinski definition) is 6. The molecule has 0 aliphatic carbocycles. The van der Waals surface area contributed by atoms with Gasteiger partial charge in [-0.3, -0.25) is 0 Å². The number of hydrogen-bond donors (Lipinski definition) is 1. The molecule has 204 valence electrons. The number of aliphatic hydroxyl groups excluding tert-OH is 1. The summed E-state index contributed by atoms with van der Waals surface area (Å²) in [5.74, 6) is 0.106. The first kappa shape index (κ1) is 32.7.